The topological polar surface area (TPSA) is 20.3 Å². The number of thioether (sulfide) groups is 1. The summed E-state index contributed by atoms with van der Waals surface area (Å²) in [6, 6.07) is 8.05. The number of carbonyl (C=O) groups is 1. The molecule has 1 rings (SSSR count). The first kappa shape index (κ1) is 14.8. The van der Waals surface area contributed by atoms with Crippen LogP contribution in [0.3, 0.4) is 0 Å². The van der Waals surface area contributed by atoms with E-state index in [4.69, 9.17) is 0 Å². The first-order chi connectivity index (χ1) is 8.10. The van der Waals surface area contributed by atoms with E-state index in [-0.39, 0.29) is 5.91 Å². The Labute approximate surface area is 121 Å². The third-order valence-electron chi connectivity index (χ3n) is 2.79. The predicted octanol–water partition coefficient (Wildman–Crippen LogP) is 3.50. The molecule has 0 spiro atoms. The average Bonchev–Trinajstić information content (AvgIpc) is 2.35. The van der Waals surface area contributed by atoms with Crippen LogP contribution >= 0.6 is 34.4 Å². The van der Waals surface area contributed by atoms with Gasteiger partial charge in [-0.05, 0) is 59.5 Å². The molecule has 0 N–H and O–H groups in total. The van der Waals surface area contributed by atoms with Crippen molar-refractivity contribution in [2.24, 2.45) is 0 Å². The fraction of sp³-hybridized carbons (Fsp3) is 0.462. The number of hydrogen-bond acceptors (Lipinski definition) is 2. The normalized spacial score (nSPS) is 12.2. The van der Waals surface area contributed by atoms with Crippen molar-refractivity contribution < 1.29 is 4.79 Å². The van der Waals surface area contributed by atoms with Gasteiger partial charge in [-0.15, -0.1) is 0 Å². The number of nitrogens with zero attached hydrogens (tertiary/aromatic N) is 1. The summed E-state index contributed by atoms with van der Waals surface area (Å²) in [5.41, 5.74) is 0.771. The summed E-state index contributed by atoms with van der Waals surface area (Å²) in [7, 11) is 1.89. The van der Waals surface area contributed by atoms with Gasteiger partial charge in [-0.25, -0.2) is 0 Å². The van der Waals surface area contributed by atoms with Crippen molar-refractivity contribution in [3.05, 3.63) is 33.4 Å². The van der Waals surface area contributed by atoms with Gasteiger partial charge in [0, 0.05) is 28.0 Å². The van der Waals surface area contributed by atoms with Gasteiger partial charge in [0.1, 0.15) is 0 Å². The molecule has 0 radical (unpaired) electrons. The quantitative estimate of drug-likeness (QED) is 0.747. The molecule has 4 heteroatoms. The van der Waals surface area contributed by atoms with E-state index in [0.29, 0.717) is 6.04 Å². The van der Waals surface area contributed by atoms with Gasteiger partial charge < -0.3 is 4.90 Å². The van der Waals surface area contributed by atoms with Crippen LogP contribution < -0.4 is 0 Å². The summed E-state index contributed by atoms with van der Waals surface area (Å²) < 4.78 is 1.15. The van der Waals surface area contributed by atoms with E-state index >= 15 is 0 Å². The largest absolute Gasteiger partial charge is 0.338 e. The first-order valence-corrected chi connectivity index (χ1v) is 8.09. The number of amides is 1. The zero-order valence-electron chi connectivity index (χ0n) is 10.4. The molecule has 0 aliphatic carbocycles. The van der Waals surface area contributed by atoms with Crippen LogP contribution in [0.25, 0.3) is 0 Å². The van der Waals surface area contributed by atoms with Gasteiger partial charge in [0.2, 0.25) is 0 Å². The van der Waals surface area contributed by atoms with Gasteiger partial charge in [0.25, 0.3) is 5.91 Å². The highest BCUT2D eigenvalue weighted by atomic mass is 127. The summed E-state index contributed by atoms with van der Waals surface area (Å²) in [4.78, 5) is 14.1. The number of benzene rings is 1. The van der Waals surface area contributed by atoms with Gasteiger partial charge in [0.15, 0.2) is 0 Å². The Kier molecular flexibility index (Phi) is 6.33. The maximum Gasteiger partial charge on any atom is 0.253 e. The Hall–Kier alpha value is -0.230. The maximum atomic E-state index is 12.2. The maximum absolute atomic E-state index is 12.2. The van der Waals surface area contributed by atoms with E-state index in [1.165, 1.54) is 0 Å². The lowest BCUT2D eigenvalue weighted by Crippen LogP contribution is -2.38. The Morgan fingerprint density at radius 1 is 1.41 bits per heavy atom. The van der Waals surface area contributed by atoms with Gasteiger partial charge in [-0.1, -0.05) is 6.92 Å². The molecule has 1 aromatic carbocycles. The smallest absolute Gasteiger partial charge is 0.253 e. The van der Waals surface area contributed by atoms with Gasteiger partial charge >= 0.3 is 0 Å². The molecular weight excluding hydrogens is 345 g/mol. The molecule has 1 unspecified atom stereocenters. The van der Waals surface area contributed by atoms with Crippen molar-refractivity contribution >= 4 is 40.3 Å². The van der Waals surface area contributed by atoms with Crippen molar-refractivity contribution in [1.29, 1.82) is 0 Å². The molecule has 17 heavy (non-hydrogen) atoms. The standard InChI is InChI=1S/C13H18INOS/c1-4-12(9-17-3)15(2)13(16)10-5-7-11(14)8-6-10/h5-8,12H,4,9H2,1-3H3. The molecule has 0 heterocycles. The van der Waals surface area contributed by atoms with Gasteiger partial charge in [-0.2, -0.15) is 11.8 Å². The lowest BCUT2D eigenvalue weighted by atomic mass is 10.1. The molecule has 0 aromatic heterocycles. The SMILES string of the molecule is CCC(CSC)N(C)C(=O)c1ccc(I)cc1. The second-order valence-electron chi connectivity index (χ2n) is 3.94. The minimum Gasteiger partial charge on any atom is -0.338 e. The van der Waals surface area contributed by atoms with E-state index in [2.05, 4.69) is 35.8 Å². The van der Waals surface area contributed by atoms with Crippen LogP contribution in [-0.4, -0.2) is 35.9 Å². The average molecular weight is 363 g/mol. The van der Waals surface area contributed by atoms with Crippen molar-refractivity contribution in [2.75, 3.05) is 19.1 Å². The van der Waals surface area contributed by atoms with Crippen LogP contribution in [0.5, 0.6) is 0 Å². The minimum absolute atomic E-state index is 0.113. The molecule has 0 saturated heterocycles. The lowest BCUT2D eigenvalue weighted by molar-refractivity contribution is 0.0743. The molecule has 0 saturated carbocycles. The molecule has 0 fully saturated rings. The number of hydrogen-bond donors (Lipinski definition) is 0. The third-order valence-corrected chi connectivity index (χ3v) is 4.23. The molecule has 0 aliphatic rings. The second kappa shape index (κ2) is 7.26. The Morgan fingerprint density at radius 2 is 2.00 bits per heavy atom. The van der Waals surface area contributed by atoms with Gasteiger partial charge in [-0.3, -0.25) is 4.79 Å². The molecule has 1 amide bonds. The van der Waals surface area contributed by atoms with Gasteiger partial charge in [0.05, 0.1) is 0 Å². The Morgan fingerprint density at radius 3 is 2.47 bits per heavy atom. The summed E-state index contributed by atoms with van der Waals surface area (Å²) in [6.07, 6.45) is 3.07. The van der Waals surface area contributed by atoms with E-state index in [0.717, 1.165) is 21.3 Å². The van der Waals surface area contributed by atoms with E-state index in [1.807, 2.05) is 36.2 Å². The molecule has 2 nitrogen and oxygen atoms in total. The fourth-order valence-corrected chi connectivity index (χ4v) is 2.86. The minimum atomic E-state index is 0.113. The lowest BCUT2D eigenvalue weighted by Gasteiger charge is -2.26. The van der Waals surface area contributed by atoms with Crippen molar-refractivity contribution in [3.63, 3.8) is 0 Å². The summed E-state index contributed by atoms with van der Waals surface area (Å²) in [5.74, 6) is 1.10. The zero-order chi connectivity index (χ0) is 12.8. The molecule has 0 bridgehead atoms. The summed E-state index contributed by atoms with van der Waals surface area (Å²) in [6.45, 7) is 2.12. The van der Waals surface area contributed by atoms with Crippen LogP contribution in [0.2, 0.25) is 0 Å². The third kappa shape index (κ3) is 4.17. The molecule has 1 aromatic rings. The first-order valence-electron chi connectivity index (χ1n) is 5.61. The molecule has 0 aliphatic heterocycles. The summed E-state index contributed by atoms with van der Waals surface area (Å²) in [5, 5.41) is 0. The van der Waals surface area contributed by atoms with Crippen LogP contribution in [0.1, 0.15) is 23.7 Å². The highest BCUT2D eigenvalue weighted by Crippen LogP contribution is 2.14. The monoisotopic (exact) mass is 363 g/mol. The Balaban J connectivity index is 2.77. The van der Waals surface area contributed by atoms with Crippen LogP contribution in [0.4, 0.5) is 0 Å². The fourth-order valence-electron chi connectivity index (χ4n) is 1.66. The van der Waals surface area contributed by atoms with Crippen molar-refractivity contribution in [2.45, 2.75) is 19.4 Å². The van der Waals surface area contributed by atoms with Crippen molar-refractivity contribution in [3.8, 4) is 0 Å². The van der Waals surface area contributed by atoms with Crippen LogP contribution in [0.15, 0.2) is 24.3 Å². The van der Waals surface area contributed by atoms with E-state index in [1.54, 1.807) is 11.8 Å². The number of halogens is 1. The molecule has 1 atom stereocenters. The zero-order valence-corrected chi connectivity index (χ0v) is 13.4. The van der Waals surface area contributed by atoms with Crippen LogP contribution in [0, 0.1) is 3.57 Å². The highest BCUT2D eigenvalue weighted by Gasteiger charge is 2.18. The highest BCUT2D eigenvalue weighted by molar-refractivity contribution is 14.1. The van der Waals surface area contributed by atoms with Crippen LogP contribution in [-0.2, 0) is 0 Å². The second-order valence-corrected chi connectivity index (χ2v) is 6.10. The summed E-state index contributed by atoms with van der Waals surface area (Å²) >= 11 is 4.03. The van der Waals surface area contributed by atoms with E-state index in [9.17, 15) is 4.79 Å². The number of rotatable bonds is 5. The van der Waals surface area contributed by atoms with E-state index < -0.39 is 0 Å². The molecular formula is C13H18INOS. The Bertz CT molecular complexity index is 366. The van der Waals surface area contributed by atoms with Crippen molar-refractivity contribution in [1.82, 2.24) is 4.90 Å². The predicted molar refractivity (Wildman–Crippen MR) is 83.7 cm³/mol. The number of carbonyl (C=O) groups excluding carboxylic acids is 1. The molecule has 94 valence electrons.